The fourth-order valence-electron chi connectivity index (χ4n) is 1.98. The van der Waals surface area contributed by atoms with Crippen LogP contribution in [0.4, 0.5) is 0 Å². The molecule has 21 heavy (non-hydrogen) atoms. The maximum atomic E-state index is 4.67. The van der Waals surface area contributed by atoms with Crippen LogP contribution in [0.1, 0.15) is 18.4 Å². The molecule has 0 saturated heterocycles. The van der Waals surface area contributed by atoms with E-state index in [0.29, 0.717) is 0 Å². The van der Waals surface area contributed by atoms with Gasteiger partial charge < -0.3 is 5.32 Å². The zero-order chi connectivity index (χ0) is 14.5. The van der Waals surface area contributed by atoms with Crippen LogP contribution in [-0.4, -0.2) is 31.7 Å². The number of tetrazole rings is 1. The van der Waals surface area contributed by atoms with Crippen LogP contribution in [0.25, 0.3) is 16.9 Å². The lowest BCUT2D eigenvalue weighted by atomic mass is 10.1. The maximum absolute atomic E-state index is 4.67. The first-order valence-corrected chi connectivity index (χ1v) is 7.73. The summed E-state index contributed by atoms with van der Waals surface area (Å²) in [5.74, 6) is 0. The number of nitrogens with one attached hydrogen (secondary N) is 1. The van der Waals surface area contributed by atoms with E-state index in [1.807, 2.05) is 24.3 Å². The van der Waals surface area contributed by atoms with Crippen molar-refractivity contribution in [3.63, 3.8) is 0 Å². The van der Waals surface area contributed by atoms with E-state index >= 15 is 0 Å². The van der Waals surface area contributed by atoms with Crippen molar-refractivity contribution in [3.05, 3.63) is 41.0 Å². The minimum atomic E-state index is 0.825. The molecule has 0 aliphatic heterocycles. The summed E-state index contributed by atoms with van der Waals surface area (Å²) >= 11 is 1.68. The molecular formula is C14H16N6S. The second-order valence-electron chi connectivity index (χ2n) is 4.61. The lowest BCUT2D eigenvalue weighted by molar-refractivity contribution is 0.673. The van der Waals surface area contributed by atoms with Crippen LogP contribution in [0, 0.1) is 0 Å². The summed E-state index contributed by atoms with van der Waals surface area (Å²) in [5, 5.41) is 17.8. The Kier molecular flexibility index (Phi) is 4.32. The highest BCUT2D eigenvalue weighted by atomic mass is 32.1. The Bertz CT molecular complexity index is 691. The van der Waals surface area contributed by atoms with Gasteiger partial charge in [0.1, 0.15) is 11.3 Å². The highest BCUT2D eigenvalue weighted by molar-refractivity contribution is 7.09. The average molecular weight is 300 g/mol. The van der Waals surface area contributed by atoms with Crippen molar-refractivity contribution in [2.24, 2.45) is 0 Å². The monoisotopic (exact) mass is 300 g/mol. The first-order chi connectivity index (χ1) is 10.4. The number of hydrogen-bond acceptors (Lipinski definition) is 6. The zero-order valence-electron chi connectivity index (χ0n) is 11.7. The summed E-state index contributed by atoms with van der Waals surface area (Å²) in [6.07, 6.45) is 2.71. The molecule has 2 heterocycles. The van der Waals surface area contributed by atoms with Crippen molar-refractivity contribution < 1.29 is 0 Å². The average Bonchev–Trinajstić information content (AvgIpc) is 3.20. The van der Waals surface area contributed by atoms with Gasteiger partial charge in [-0.05, 0) is 35.5 Å². The number of hydrogen-bond donors (Lipinski definition) is 1. The summed E-state index contributed by atoms with van der Waals surface area (Å²) in [7, 11) is 0. The van der Waals surface area contributed by atoms with Crippen molar-refractivity contribution in [1.29, 1.82) is 0 Å². The predicted molar refractivity (Wildman–Crippen MR) is 82.3 cm³/mol. The second kappa shape index (κ2) is 6.55. The standard InChI is InChI=1S/C14H16N6S/c1-2-6-15-8-14-17-13(9-21-14)11-4-3-5-12(7-11)20-10-16-18-19-20/h3-5,7,9-10,15H,2,6,8H2,1H3. The summed E-state index contributed by atoms with van der Waals surface area (Å²) < 4.78 is 1.64. The van der Waals surface area contributed by atoms with E-state index in [9.17, 15) is 0 Å². The molecule has 6 nitrogen and oxygen atoms in total. The third-order valence-corrected chi connectivity index (χ3v) is 3.86. The van der Waals surface area contributed by atoms with Crippen molar-refractivity contribution >= 4 is 11.3 Å². The third kappa shape index (κ3) is 3.32. The Hall–Kier alpha value is -2.12. The third-order valence-electron chi connectivity index (χ3n) is 3.01. The van der Waals surface area contributed by atoms with Crippen molar-refractivity contribution in [3.8, 4) is 16.9 Å². The van der Waals surface area contributed by atoms with Gasteiger partial charge in [-0.25, -0.2) is 9.67 Å². The van der Waals surface area contributed by atoms with Crippen LogP contribution in [0.5, 0.6) is 0 Å². The molecule has 1 aromatic carbocycles. The molecule has 0 aliphatic carbocycles. The van der Waals surface area contributed by atoms with Gasteiger partial charge in [-0.3, -0.25) is 0 Å². The molecule has 1 N–H and O–H groups in total. The number of aromatic nitrogens is 5. The molecule has 0 aliphatic rings. The topological polar surface area (TPSA) is 68.5 Å². The summed E-state index contributed by atoms with van der Waals surface area (Å²) in [5.41, 5.74) is 2.99. The lowest BCUT2D eigenvalue weighted by Gasteiger charge is -2.02. The molecule has 0 atom stereocenters. The molecule has 0 amide bonds. The van der Waals surface area contributed by atoms with Gasteiger partial charge in [-0.15, -0.1) is 16.4 Å². The van der Waals surface area contributed by atoms with Gasteiger partial charge >= 0.3 is 0 Å². The van der Waals surface area contributed by atoms with Crippen LogP contribution < -0.4 is 5.32 Å². The second-order valence-corrected chi connectivity index (χ2v) is 5.55. The quantitative estimate of drug-likeness (QED) is 0.707. The first-order valence-electron chi connectivity index (χ1n) is 6.85. The summed E-state index contributed by atoms with van der Waals surface area (Å²) in [6, 6.07) is 8.04. The van der Waals surface area contributed by atoms with E-state index in [1.54, 1.807) is 22.3 Å². The largest absolute Gasteiger partial charge is 0.310 e. The Morgan fingerprint density at radius 2 is 2.29 bits per heavy atom. The van der Waals surface area contributed by atoms with Gasteiger partial charge in [-0.1, -0.05) is 19.1 Å². The van der Waals surface area contributed by atoms with Crippen molar-refractivity contribution in [1.82, 2.24) is 30.5 Å². The number of rotatable bonds is 6. The molecule has 108 valence electrons. The zero-order valence-corrected chi connectivity index (χ0v) is 12.5. The molecule has 0 radical (unpaired) electrons. The number of benzene rings is 1. The van der Waals surface area contributed by atoms with Gasteiger partial charge in [0.05, 0.1) is 11.4 Å². The Morgan fingerprint density at radius 3 is 3.10 bits per heavy atom. The smallest absolute Gasteiger partial charge is 0.143 e. The number of nitrogens with zero attached hydrogens (tertiary/aromatic N) is 5. The van der Waals surface area contributed by atoms with Gasteiger partial charge in [-0.2, -0.15) is 0 Å². The van der Waals surface area contributed by atoms with Gasteiger partial charge in [0.15, 0.2) is 0 Å². The van der Waals surface area contributed by atoms with E-state index in [2.05, 4.69) is 38.1 Å². The minimum Gasteiger partial charge on any atom is -0.310 e. The van der Waals surface area contributed by atoms with E-state index in [0.717, 1.165) is 41.5 Å². The molecule has 3 rings (SSSR count). The van der Waals surface area contributed by atoms with E-state index in [-0.39, 0.29) is 0 Å². The molecule has 0 bridgehead atoms. The normalized spacial score (nSPS) is 10.9. The predicted octanol–water partition coefficient (Wildman–Crippen LogP) is 2.29. The fraction of sp³-hybridized carbons (Fsp3) is 0.286. The van der Waals surface area contributed by atoms with Crippen molar-refractivity contribution in [2.75, 3.05) is 6.54 Å². The highest BCUT2D eigenvalue weighted by Crippen LogP contribution is 2.23. The summed E-state index contributed by atoms with van der Waals surface area (Å²) in [4.78, 5) is 4.67. The molecule has 3 aromatic rings. The SMILES string of the molecule is CCCNCc1nc(-c2cccc(-n3cnnn3)c2)cs1. The Labute approximate surface area is 126 Å². The fourth-order valence-corrected chi connectivity index (χ4v) is 2.76. The minimum absolute atomic E-state index is 0.825. The van der Waals surface area contributed by atoms with E-state index < -0.39 is 0 Å². The van der Waals surface area contributed by atoms with Crippen LogP contribution in [0.15, 0.2) is 36.0 Å². The maximum Gasteiger partial charge on any atom is 0.143 e. The molecule has 0 spiro atoms. The Morgan fingerprint density at radius 1 is 1.33 bits per heavy atom. The molecule has 7 heteroatoms. The summed E-state index contributed by atoms with van der Waals surface area (Å²) in [6.45, 7) is 4.00. The van der Waals surface area contributed by atoms with E-state index in [1.165, 1.54) is 0 Å². The molecular weight excluding hydrogens is 284 g/mol. The first kappa shape index (κ1) is 13.8. The van der Waals surface area contributed by atoms with Gasteiger partial charge in [0.2, 0.25) is 0 Å². The van der Waals surface area contributed by atoms with E-state index in [4.69, 9.17) is 0 Å². The molecule has 0 fully saturated rings. The van der Waals surface area contributed by atoms with Crippen LogP contribution in [0.3, 0.4) is 0 Å². The van der Waals surface area contributed by atoms with Crippen LogP contribution in [-0.2, 0) is 6.54 Å². The Balaban J connectivity index is 1.79. The molecule has 2 aromatic heterocycles. The lowest BCUT2D eigenvalue weighted by Crippen LogP contribution is -2.13. The van der Waals surface area contributed by atoms with Crippen LogP contribution in [0.2, 0.25) is 0 Å². The van der Waals surface area contributed by atoms with Gasteiger partial charge in [0.25, 0.3) is 0 Å². The van der Waals surface area contributed by atoms with Crippen LogP contribution >= 0.6 is 11.3 Å². The highest BCUT2D eigenvalue weighted by Gasteiger charge is 2.06. The molecule has 0 unspecified atom stereocenters. The van der Waals surface area contributed by atoms with Crippen molar-refractivity contribution in [2.45, 2.75) is 19.9 Å². The molecule has 0 saturated carbocycles. The van der Waals surface area contributed by atoms with Gasteiger partial charge in [0, 0.05) is 17.5 Å². The number of thiazole rings is 1.